The number of hydrogen-bond donors (Lipinski definition) is 0. The van der Waals surface area contributed by atoms with Crippen molar-refractivity contribution in [1.82, 2.24) is 0 Å². The zero-order chi connectivity index (χ0) is 22.1. The minimum Gasteiger partial charge on any atom is -0.366 e. The topological polar surface area (TPSA) is 9.23 Å². The summed E-state index contributed by atoms with van der Waals surface area (Å²) in [7, 11) is -1.19. The summed E-state index contributed by atoms with van der Waals surface area (Å²) in [5, 5.41) is 5.68. The van der Waals surface area contributed by atoms with Crippen molar-refractivity contribution >= 4 is 37.1 Å². The standard InChI is InChI=1S/C30H28OP2/c1-5-13-25(14-6-1)32(26-15-7-2-8-16-26)29-23-24-21-22-30(29,31-24)33(27-17-9-3-10-18-27)28-19-11-4-12-20-28/h1-20,24,29H,21-23H2/t24-,29-,30-/m1/s1. The first-order chi connectivity index (χ1) is 16.4. The second kappa shape index (κ2) is 9.15. The van der Waals surface area contributed by atoms with E-state index in [1.54, 1.807) is 0 Å². The Morgan fingerprint density at radius 3 is 1.42 bits per heavy atom. The van der Waals surface area contributed by atoms with Crippen molar-refractivity contribution in [1.29, 1.82) is 0 Å². The van der Waals surface area contributed by atoms with Gasteiger partial charge >= 0.3 is 0 Å². The molecule has 6 rings (SSSR count). The highest BCUT2D eigenvalue weighted by atomic mass is 31.1. The van der Waals surface area contributed by atoms with Gasteiger partial charge in [0.15, 0.2) is 0 Å². The Labute approximate surface area is 199 Å². The van der Waals surface area contributed by atoms with Crippen molar-refractivity contribution in [3.8, 4) is 0 Å². The smallest absolute Gasteiger partial charge is 0.103 e. The molecule has 2 aliphatic heterocycles. The molecule has 0 aliphatic carbocycles. The van der Waals surface area contributed by atoms with Crippen LogP contribution in [0.5, 0.6) is 0 Å². The second-order valence-electron chi connectivity index (χ2n) is 8.92. The summed E-state index contributed by atoms with van der Waals surface area (Å²) in [6.07, 6.45) is 3.87. The molecule has 0 amide bonds. The van der Waals surface area contributed by atoms with Gasteiger partial charge in [0, 0.05) is 5.66 Å². The summed E-state index contributed by atoms with van der Waals surface area (Å²) in [5.41, 5.74) is 0.502. The van der Waals surface area contributed by atoms with Crippen molar-refractivity contribution < 1.29 is 4.74 Å². The lowest BCUT2D eigenvalue weighted by Gasteiger charge is -2.44. The maximum Gasteiger partial charge on any atom is 0.103 e. The molecule has 2 saturated heterocycles. The first-order valence-electron chi connectivity index (χ1n) is 11.8. The molecule has 2 aliphatic rings. The number of ether oxygens (including phenoxy) is 1. The van der Waals surface area contributed by atoms with E-state index in [9.17, 15) is 0 Å². The van der Waals surface area contributed by atoms with E-state index in [0.717, 1.165) is 12.8 Å². The number of benzene rings is 4. The lowest BCUT2D eigenvalue weighted by molar-refractivity contribution is 0.0794. The molecule has 2 heterocycles. The highest BCUT2D eigenvalue weighted by Gasteiger charge is 2.60. The van der Waals surface area contributed by atoms with E-state index in [1.165, 1.54) is 27.6 Å². The van der Waals surface area contributed by atoms with Gasteiger partial charge in [0.05, 0.1) is 6.10 Å². The third kappa shape index (κ3) is 3.87. The molecule has 4 aromatic rings. The molecule has 33 heavy (non-hydrogen) atoms. The van der Waals surface area contributed by atoms with Crippen molar-refractivity contribution in [2.75, 3.05) is 0 Å². The fourth-order valence-electron chi connectivity index (χ4n) is 5.67. The van der Waals surface area contributed by atoms with Gasteiger partial charge in [-0.1, -0.05) is 121 Å². The van der Waals surface area contributed by atoms with Crippen LogP contribution in [-0.2, 0) is 4.74 Å². The summed E-state index contributed by atoms with van der Waals surface area (Å²) in [5.74, 6) is 0. The minimum atomic E-state index is -0.653. The van der Waals surface area contributed by atoms with Crippen LogP contribution in [0.15, 0.2) is 121 Å². The molecule has 0 unspecified atom stereocenters. The SMILES string of the molecule is c1ccc(P(c2ccccc2)[C@@H]2C[C@H]3CC[C@]2(P(c2ccccc2)c2ccccc2)O3)cc1. The van der Waals surface area contributed by atoms with Gasteiger partial charge in [0.2, 0.25) is 0 Å². The summed E-state index contributed by atoms with van der Waals surface area (Å²) in [6.45, 7) is 0. The Kier molecular flexibility index (Phi) is 5.89. The van der Waals surface area contributed by atoms with E-state index >= 15 is 0 Å². The third-order valence-electron chi connectivity index (χ3n) is 6.99. The Hall–Kier alpha value is -2.30. The van der Waals surface area contributed by atoms with Gasteiger partial charge in [-0.05, 0) is 56.3 Å². The van der Waals surface area contributed by atoms with Crippen LogP contribution >= 0.6 is 15.8 Å². The molecule has 164 valence electrons. The van der Waals surface area contributed by atoms with Crippen LogP contribution in [0.25, 0.3) is 0 Å². The Morgan fingerprint density at radius 1 is 0.576 bits per heavy atom. The van der Waals surface area contributed by atoms with Crippen molar-refractivity contribution in [2.45, 2.75) is 36.4 Å². The van der Waals surface area contributed by atoms with Crippen LogP contribution in [-0.4, -0.2) is 17.1 Å². The second-order valence-corrected chi connectivity index (χ2v) is 13.8. The lowest BCUT2D eigenvalue weighted by Crippen LogP contribution is -2.43. The third-order valence-corrected chi connectivity index (χ3v) is 13.2. The molecular weight excluding hydrogens is 438 g/mol. The largest absolute Gasteiger partial charge is 0.366 e. The van der Waals surface area contributed by atoms with Gasteiger partial charge in [0.25, 0.3) is 0 Å². The monoisotopic (exact) mass is 466 g/mol. The molecule has 0 spiro atoms. The molecule has 2 bridgehead atoms. The van der Waals surface area contributed by atoms with E-state index in [1.807, 2.05) is 0 Å². The molecule has 4 aromatic carbocycles. The lowest BCUT2D eigenvalue weighted by atomic mass is 9.99. The molecule has 3 atom stereocenters. The quantitative estimate of drug-likeness (QED) is 0.322. The average Bonchev–Trinajstić information content (AvgIpc) is 3.46. The molecule has 0 radical (unpaired) electrons. The van der Waals surface area contributed by atoms with Crippen molar-refractivity contribution in [2.24, 2.45) is 0 Å². The fraction of sp³-hybridized carbons (Fsp3) is 0.200. The fourth-order valence-corrected chi connectivity index (χ4v) is 12.5. The van der Waals surface area contributed by atoms with E-state index in [2.05, 4.69) is 121 Å². The van der Waals surface area contributed by atoms with Gasteiger partial charge < -0.3 is 4.74 Å². The number of rotatable bonds is 6. The molecule has 0 saturated carbocycles. The Bertz CT molecular complexity index is 1100. The predicted octanol–water partition coefficient (Wildman–Crippen LogP) is 5.90. The van der Waals surface area contributed by atoms with Crippen LogP contribution < -0.4 is 21.2 Å². The van der Waals surface area contributed by atoms with E-state index in [4.69, 9.17) is 4.74 Å². The van der Waals surface area contributed by atoms with Crippen LogP contribution in [0.2, 0.25) is 0 Å². The summed E-state index contributed by atoms with van der Waals surface area (Å²) in [4.78, 5) is 0. The first kappa shape index (κ1) is 21.2. The number of fused-ring (bicyclic) bond motifs is 2. The van der Waals surface area contributed by atoms with Gasteiger partial charge in [-0.15, -0.1) is 0 Å². The first-order valence-corrected chi connectivity index (χ1v) is 14.6. The predicted molar refractivity (Wildman–Crippen MR) is 143 cm³/mol. The zero-order valence-corrected chi connectivity index (χ0v) is 20.4. The van der Waals surface area contributed by atoms with Crippen LogP contribution in [0, 0.1) is 0 Å². The van der Waals surface area contributed by atoms with Gasteiger partial charge in [-0.2, -0.15) is 0 Å². The highest BCUT2D eigenvalue weighted by Crippen LogP contribution is 2.68. The zero-order valence-electron chi connectivity index (χ0n) is 18.6. The Morgan fingerprint density at radius 2 is 1.00 bits per heavy atom. The summed E-state index contributed by atoms with van der Waals surface area (Å²) < 4.78 is 7.11. The summed E-state index contributed by atoms with van der Waals surface area (Å²) >= 11 is 0. The van der Waals surface area contributed by atoms with Crippen molar-refractivity contribution in [3.63, 3.8) is 0 Å². The maximum absolute atomic E-state index is 7.11. The van der Waals surface area contributed by atoms with Crippen LogP contribution in [0.3, 0.4) is 0 Å². The molecule has 2 fully saturated rings. The van der Waals surface area contributed by atoms with Crippen LogP contribution in [0.1, 0.15) is 19.3 Å². The van der Waals surface area contributed by atoms with Crippen LogP contribution in [0.4, 0.5) is 0 Å². The molecular formula is C30H28OP2. The highest BCUT2D eigenvalue weighted by molar-refractivity contribution is 7.78. The van der Waals surface area contributed by atoms with E-state index < -0.39 is 15.8 Å². The normalized spacial score (nSPS) is 23.9. The maximum atomic E-state index is 7.11. The Balaban J connectivity index is 1.53. The summed E-state index contributed by atoms with van der Waals surface area (Å²) in [6, 6.07) is 44.8. The molecule has 3 heteroatoms. The van der Waals surface area contributed by atoms with Crippen molar-refractivity contribution in [3.05, 3.63) is 121 Å². The van der Waals surface area contributed by atoms with E-state index in [0.29, 0.717) is 11.8 Å². The van der Waals surface area contributed by atoms with Gasteiger partial charge in [-0.3, -0.25) is 0 Å². The minimum absolute atomic E-state index is 0.125. The number of hydrogen-bond acceptors (Lipinski definition) is 1. The molecule has 0 N–H and O–H groups in total. The van der Waals surface area contributed by atoms with Gasteiger partial charge in [0.1, 0.15) is 5.34 Å². The molecule has 1 nitrogen and oxygen atoms in total. The molecule has 0 aromatic heterocycles. The van der Waals surface area contributed by atoms with E-state index in [-0.39, 0.29) is 5.34 Å². The van der Waals surface area contributed by atoms with Gasteiger partial charge in [-0.25, -0.2) is 0 Å². The average molecular weight is 467 g/mol.